The zero-order chi connectivity index (χ0) is 17.0. The highest BCUT2D eigenvalue weighted by Gasteiger charge is 2.30. The van der Waals surface area contributed by atoms with E-state index in [9.17, 15) is 13.2 Å². The molecule has 5 nitrogen and oxygen atoms in total. The van der Waals surface area contributed by atoms with Gasteiger partial charge in [0.25, 0.3) is 5.91 Å². The zero-order valence-corrected chi connectivity index (χ0v) is 14.2. The summed E-state index contributed by atoms with van der Waals surface area (Å²) in [6.45, 7) is -0.0379. The second-order valence-corrected chi connectivity index (χ2v) is 8.37. The summed E-state index contributed by atoms with van der Waals surface area (Å²) in [5, 5.41) is 3.50. The molecule has 3 aromatic rings. The predicted molar refractivity (Wildman–Crippen MR) is 91.7 cm³/mol. The molecule has 0 bridgehead atoms. The van der Waals surface area contributed by atoms with Crippen molar-refractivity contribution in [3.05, 3.63) is 77.6 Å². The van der Waals surface area contributed by atoms with Crippen LogP contribution in [0.15, 0.2) is 74.9 Å². The first kappa shape index (κ1) is 16.5. The Kier molecular flexibility index (Phi) is 4.82. The van der Waals surface area contributed by atoms with Crippen molar-refractivity contribution in [1.29, 1.82) is 0 Å². The highest BCUT2D eigenvalue weighted by Crippen LogP contribution is 2.31. The maximum Gasteiger partial charge on any atom is 0.287 e. The van der Waals surface area contributed by atoms with Crippen molar-refractivity contribution >= 4 is 27.1 Å². The smallest absolute Gasteiger partial charge is 0.287 e. The van der Waals surface area contributed by atoms with Crippen molar-refractivity contribution in [3.63, 3.8) is 0 Å². The van der Waals surface area contributed by atoms with E-state index in [1.807, 2.05) is 6.07 Å². The number of furan rings is 1. The summed E-state index contributed by atoms with van der Waals surface area (Å²) in [5.41, 5.74) is 0.630. The van der Waals surface area contributed by atoms with Crippen molar-refractivity contribution in [1.82, 2.24) is 5.32 Å². The minimum absolute atomic E-state index is 0.0379. The molecule has 1 N–H and O–H groups in total. The lowest BCUT2D eigenvalue weighted by atomic mass is 10.1. The summed E-state index contributed by atoms with van der Waals surface area (Å²) in [5.74, 6) is -0.294. The summed E-state index contributed by atoms with van der Waals surface area (Å²) in [7, 11) is -3.60. The highest BCUT2D eigenvalue weighted by atomic mass is 32.2. The van der Waals surface area contributed by atoms with Gasteiger partial charge in [-0.25, -0.2) is 8.42 Å². The van der Waals surface area contributed by atoms with Crippen LogP contribution in [0, 0.1) is 0 Å². The molecule has 0 saturated heterocycles. The van der Waals surface area contributed by atoms with Crippen LogP contribution in [0.2, 0.25) is 0 Å². The number of sulfone groups is 1. The minimum atomic E-state index is -3.60. The second-order valence-electron chi connectivity index (χ2n) is 5.06. The van der Waals surface area contributed by atoms with Gasteiger partial charge in [0.15, 0.2) is 15.6 Å². The molecule has 0 saturated carbocycles. The summed E-state index contributed by atoms with van der Waals surface area (Å²) >= 11 is 1.17. The Labute approximate surface area is 143 Å². The van der Waals surface area contributed by atoms with Crippen molar-refractivity contribution in [2.24, 2.45) is 0 Å². The first-order chi connectivity index (χ1) is 11.6. The van der Waals surface area contributed by atoms with Crippen LogP contribution in [0.4, 0.5) is 0 Å². The van der Waals surface area contributed by atoms with Crippen LogP contribution >= 0.6 is 11.3 Å². The number of amides is 1. The van der Waals surface area contributed by atoms with Gasteiger partial charge in [-0.3, -0.25) is 4.79 Å². The summed E-state index contributed by atoms with van der Waals surface area (Å²) in [4.78, 5) is 12.1. The number of hydrogen-bond donors (Lipinski definition) is 1. The Balaban J connectivity index is 1.87. The summed E-state index contributed by atoms with van der Waals surface area (Å²) in [6, 6.07) is 15.3. The normalized spacial score (nSPS) is 12.7. The maximum absolute atomic E-state index is 12.9. The molecule has 2 heterocycles. The van der Waals surface area contributed by atoms with E-state index >= 15 is 0 Å². The lowest BCUT2D eigenvalue weighted by molar-refractivity contribution is 0.0926. The average molecular weight is 361 g/mol. The van der Waals surface area contributed by atoms with Crippen LogP contribution < -0.4 is 5.32 Å². The summed E-state index contributed by atoms with van der Waals surface area (Å²) in [6.07, 6.45) is 1.39. The summed E-state index contributed by atoms with van der Waals surface area (Å²) < 4.78 is 31.2. The van der Waals surface area contributed by atoms with Crippen LogP contribution in [0.25, 0.3) is 0 Å². The highest BCUT2D eigenvalue weighted by molar-refractivity contribution is 7.93. The fraction of sp³-hybridized carbons (Fsp3) is 0.118. The van der Waals surface area contributed by atoms with Gasteiger partial charge in [0, 0.05) is 6.54 Å². The number of rotatable bonds is 6. The van der Waals surface area contributed by atoms with Gasteiger partial charge in [0.05, 0.1) is 6.26 Å². The van der Waals surface area contributed by atoms with Gasteiger partial charge in [0.1, 0.15) is 9.46 Å². The molecule has 0 aliphatic carbocycles. The third kappa shape index (κ3) is 3.42. The molecule has 2 aromatic heterocycles. The fourth-order valence-electron chi connectivity index (χ4n) is 2.32. The monoisotopic (exact) mass is 361 g/mol. The molecular weight excluding hydrogens is 346 g/mol. The topological polar surface area (TPSA) is 76.4 Å². The molecule has 1 amide bonds. The first-order valence-electron chi connectivity index (χ1n) is 7.23. The lowest BCUT2D eigenvalue weighted by Crippen LogP contribution is -2.31. The molecular formula is C17H15NO4S2. The molecule has 1 aromatic carbocycles. The van der Waals surface area contributed by atoms with Gasteiger partial charge >= 0.3 is 0 Å². The van der Waals surface area contributed by atoms with Gasteiger partial charge in [-0.1, -0.05) is 36.4 Å². The Morgan fingerprint density at radius 3 is 2.50 bits per heavy atom. The fourth-order valence-corrected chi connectivity index (χ4v) is 5.19. The van der Waals surface area contributed by atoms with E-state index in [4.69, 9.17) is 4.42 Å². The molecule has 7 heteroatoms. The number of hydrogen-bond acceptors (Lipinski definition) is 5. The number of carbonyl (C=O) groups is 1. The van der Waals surface area contributed by atoms with E-state index in [1.54, 1.807) is 47.8 Å². The van der Waals surface area contributed by atoms with E-state index in [0.29, 0.717) is 5.56 Å². The van der Waals surface area contributed by atoms with E-state index in [2.05, 4.69) is 5.32 Å². The van der Waals surface area contributed by atoms with Crippen LogP contribution in [0.1, 0.15) is 21.4 Å². The minimum Gasteiger partial charge on any atom is -0.459 e. The average Bonchev–Trinajstić information content (AvgIpc) is 3.29. The Hall–Kier alpha value is -2.38. The van der Waals surface area contributed by atoms with Crippen molar-refractivity contribution in [2.75, 3.05) is 6.54 Å². The molecule has 0 unspecified atom stereocenters. The largest absolute Gasteiger partial charge is 0.459 e. The molecule has 0 fully saturated rings. The van der Waals surface area contributed by atoms with Gasteiger partial charge in [-0.2, -0.15) is 0 Å². The number of benzene rings is 1. The number of carbonyl (C=O) groups excluding carboxylic acids is 1. The van der Waals surface area contributed by atoms with E-state index in [1.165, 1.54) is 23.7 Å². The van der Waals surface area contributed by atoms with E-state index < -0.39 is 21.0 Å². The van der Waals surface area contributed by atoms with Gasteiger partial charge < -0.3 is 9.73 Å². The Morgan fingerprint density at radius 1 is 1.08 bits per heavy atom. The number of thiophene rings is 1. The zero-order valence-electron chi connectivity index (χ0n) is 12.6. The molecule has 0 spiro atoms. The predicted octanol–water partition coefficient (Wildman–Crippen LogP) is 3.29. The maximum atomic E-state index is 12.9. The third-order valence-electron chi connectivity index (χ3n) is 3.51. The van der Waals surface area contributed by atoms with E-state index in [0.717, 1.165) is 0 Å². The van der Waals surface area contributed by atoms with Crippen LogP contribution in [-0.4, -0.2) is 20.9 Å². The lowest BCUT2D eigenvalue weighted by Gasteiger charge is -2.17. The first-order valence-corrected chi connectivity index (χ1v) is 9.65. The Morgan fingerprint density at radius 2 is 1.88 bits per heavy atom. The Bertz CT molecular complexity index is 885. The SMILES string of the molecule is O=C(NC[C@@H](c1ccccc1)S(=O)(=O)c1cccs1)c1ccco1. The van der Waals surface area contributed by atoms with Crippen LogP contribution in [0.5, 0.6) is 0 Å². The van der Waals surface area contributed by atoms with Gasteiger partial charge in [0.2, 0.25) is 0 Å². The molecule has 24 heavy (non-hydrogen) atoms. The quantitative estimate of drug-likeness (QED) is 0.731. The molecule has 0 radical (unpaired) electrons. The van der Waals surface area contributed by atoms with Crippen molar-refractivity contribution < 1.29 is 17.6 Å². The van der Waals surface area contributed by atoms with Crippen LogP contribution in [0.3, 0.4) is 0 Å². The van der Waals surface area contributed by atoms with Crippen molar-refractivity contribution in [2.45, 2.75) is 9.46 Å². The molecule has 3 rings (SSSR count). The van der Waals surface area contributed by atoms with Gasteiger partial charge in [-0.05, 0) is 29.1 Å². The van der Waals surface area contributed by atoms with E-state index in [-0.39, 0.29) is 16.5 Å². The van der Waals surface area contributed by atoms with Gasteiger partial charge in [-0.15, -0.1) is 11.3 Å². The second kappa shape index (κ2) is 7.02. The molecule has 0 aliphatic heterocycles. The molecule has 1 atom stereocenters. The number of nitrogens with one attached hydrogen (secondary N) is 1. The standard InChI is InChI=1S/C17H15NO4S2/c19-17(14-8-4-10-22-14)18-12-15(13-6-2-1-3-7-13)24(20,21)16-9-5-11-23-16/h1-11,15H,12H2,(H,18,19)/t15-/m0/s1. The molecule has 124 valence electrons. The van der Waals surface area contributed by atoms with Crippen molar-refractivity contribution in [3.8, 4) is 0 Å². The molecule has 0 aliphatic rings. The third-order valence-corrected chi connectivity index (χ3v) is 7.05. The van der Waals surface area contributed by atoms with Crippen LogP contribution in [-0.2, 0) is 9.84 Å².